The van der Waals surface area contributed by atoms with E-state index in [2.05, 4.69) is 25.4 Å². The number of nitrogens with zero attached hydrogens (tertiary/aromatic N) is 6. The van der Waals surface area contributed by atoms with E-state index in [0.717, 1.165) is 40.7 Å². The zero-order valence-electron chi connectivity index (χ0n) is 22.4. The molecule has 11 heteroatoms. The molecule has 0 saturated carbocycles. The number of rotatable bonds is 10. The van der Waals surface area contributed by atoms with Gasteiger partial charge in [-0.15, -0.1) is 0 Å². The Morgan fingerprint density at radius 3 is 2.62 bits per heavy atom. The number of amides is 2. The number of anilines is 2. The molecule has 0 aliphatic carbocycles. The first-order chi connectivity index (χ1) is 18.9. The number of aromatic nitrogens is 3. The smallest absolute Gasteiger partial charge is 0.236 e. The number of nitrogens with one attached hydrogen (secondary N) is 2. The van der Waals surface area contributed by atoms with Crippen LogP contribution in [-0.2, 0) is 16.1 Å². The summed E-state index contributed by atoms with van der Waals surface area (Å²) in [5.41, 5.74) is 3.49. The van der Waals surface area contributed by atoms with Crippen molar-refractivity contribution in [2.24, 2.45) is 0 Å². The number of hydrogen-bond acceptors (Lipinski definition) is 8. The summed E-state index contributed by atoms with van der Waals surface area (Å²) in [6.07, 6.45) is 9.51. The highest BCUT2D eigenvalue weighted by Crippen LogP contribution is 2.28. The summed E-state index contributed by atoms with van der Waals surface area (Å²) in [6.45, 7) is 5.74. The fourth-order valence-corrected chi connectivity index (χ4v) is 4.48. The lowest BCUT2D eigenvalue weighted by Gasteiger charge is -2.35. The van der Waals surface area contributed by atoms with Crippen LogP contribution in [0.3, 0.4) is 0 Å². The van der Waals surface area contributed by atoms with Crippen molar-refractivity contribution in [3.05, 3.63) is 71.2 Å². The molecule has 39 heavy (non-hydrogen) atoms. The van der Waals surface area contributed by atoms with Crippen molar-refractivity contribution in [1.29, 1.82) is 0 Å². The van der Waals surface area contributed by atoms with Crippen LogP contribution in [0.15, 0.2) is 55.0 Å². The molecule has 2 N–H and O–H groups in total. The molecule has 3 heterocycles. The number of carbonyl (C=O) groups excluding carboxylic acids is 2. The summed E-state index contributed by atoms with van der Waals surface area (Å²) in [7, 11) is 3.55. The number of fused-ring (bicyclic) bond motifs is 1. The molecule has 204 valence electrons. The second-order valence-corrected chi connectivity index (χ2v) is 9.84. The third-order valence-electron chi connectivity index (χ3n) is 6.40. The minimum atomic E-state index is 0.0953. The van der Waals surface area contributed by atoms with Crippen molar-refractivity contribution in [3.8, 4) is 0 Å². The highest BCUT2D eigenvalue weighted by molar-refractivity contribution is 6.30. The quantitative estimate of drug-likeness (QED) is 0.294. The topological polar surface area (TPSA) is 107 Å². The number of allylic oxidation sites excluding steroid dienone is 3. The standard InChI is InChI=1S/C28H33ClN8O2/c1-4-5-22(16-31-19-38)21-6-7-25-24(13-21)27(32-15-20-12-23(29)17-30-14-20)34-28(33-25)37-10-8-36(9-11-37)18-26(39)35(2)3/h4-7,12-14,16-17,19H,8-11,15,18H2,1-3H3,(H,31,38)(H,32,33,34)/b5-4-,22-16+. The molecule has 1 saturated heterocycles. The van der Waals surface area contributed by atoms with E-state index in [-0.39, 0.29) is 5.91 Å². The van der Waals surface area contributed by atoms with Gasteiger partial charge in [0.25, 0.3) is 0 Å². The van der Waals surface area contributed by atoms with Gasteiger partial charge in [0, 0.05) is 70.8 Å². The van der Waals surface area contributed by atoms with Crippen molar-refractivity contribution in [1.82, 2.24) is 30.1 Å². The van der Waals surface area contributed by atoms with Crippen LogP contribution in [0.4, 0.5) is 11.8 Å². The van der Waals surface area contributed by atoms with Crippen LogP contribution in [-0.4, -0.2) is 83.9 Å². The first-order valence-corrected chi connectivity index (χ1v) is 13.1. The number of pyridine rings is 1. The van der Waals surface area contributed by atoms with Gasteiger partial charge in [0.05, 0.1) is 17.1 Å². The molecule has 1 aliphatic rings. The second-order valence-electron chi connectivity index (χ2n) is 9.40. The predicted molar refractivity (Wildman–Crippen MR) is 155 cm³/mol. The molecule has 2 amide bonds. The van der Waals surface area contributed by atoms with Crippen molar-refractivity contribution in [3.63, 3.8) is 0 Å². The van der Waals surface area contributed by atoms with Crippen LogP contribution in [0.1, 0.15) is 18.1 Å². The van der Waals surface area contributed by atoms with E-state index in [4.69, 9.17) is 21.6 Å². The van der Waals surface area contributed by atoms with E-state index < -0.39 is 0 Å². The van der Waals surface area contributed by atoms with Gasteiger partial charge in [0.1, 0.15) is 5.82 Å². The summed E-state index contributed by atoms with van der Waals surface area (Å²) in [4.78, 5) is 42.9. The number of halogens is 1. The number of piperazine rings is 1. The third kappa shape index (κ3) is 7.30. The minimum absolute atomic E-state index is 0.0953. The Morgan fingerprint density at radius 1 is 1.13 bits per heavy atom. The summed E-state index contributed by atoms with van der Waals surface area (Å²) < 4.78 is 0. The Bertz CT molecular complexity index is 1380. The fourth-order valence-electron chi connectivity index (χ4n) is 4.28. The average Bonchev–Trinajstić information content (AvgIpc) is 2.94. The fraction of sp³-hybridized carbons (Fsp3) is 0.321. The van der Waals surface area contributed by atoms with Gasteiger partial charge in [-0.05, 0) is 41.8 Å². The van der Waals surface area contributed by atoms with Crippen LogP contribution in [0.5, 0.6) is 0 Å². The monoisotopic (exact) mass is 548 g/mol. The molecule has 2 aromatic heterocycles. The highest BCUT2D eigenvalue weighted by atomic mass is 35.5. The average molecular weight is 549 g/mol. The van der Waals surface area contributed by atoms with E-state index >= 15 is 0 Å². The van der Waals surface area contributed by atoms with E-state index in [1.54, 1.807) is 37.6 Å². The minimum Gasteiger partial charge on any atom is -0.365 e. The predicted octanol–water partition coefficient (Wildman–Crippen LogP) is 3.16. The Morgan fingerprint density at radius 2 is 1.92 bits per heavy atom. The lowest BCUT2D eigenvalue weighted by molar-refractivity contribution is -0.130. The van der Waals surface area contributed by atoms with Crippen LogP contribution < -0.4 is 15.5 Å². The third-order valence-corrected chi connectivity index (χ3v) is 6.61. The van der Waals surface area contributed by atoms with Crippen molar-refractivity contribution in [2.75, 3.05) is 57.0 Å². The Hall–Kier alpha value is -4.02. The Labute approximate surface area is 233 Å². The molecule has 1 fully saturated rings. The van der Waals surface area contributed by atoms with E-state index in [1.165, 1.54) is 0 Å². The van der Waals surface area contributed by atoms with E-state index in [1.807, 2.05) is 43.3 Å². The normalized spacial score (nSPS) is 14.6. The number of carbonyl (C=O) groups is 2. The lowest BCUT2D eigenvalue weighted by atomic mass is 10.0. The molecule has 1 aromatic carbocycles. The van der Waals surface area contributed by atoms with Gasteiger partial charge in [0.15, 0.2) is 0 Å². The molecule has 4 rings (SSSR count). The number of benzene rings is 1. The zero-order chi connectivity index (χ0) is 27.8. The SMILES string of the molecule is C/C=C\C(=C/NC=O)c1ccc2nc(N3CCN(CC(=O)N(C)C)CC3)nc(NCc3cncc(Cl)c3)c2c1. The molecule has 1 aliphatic heterocycles. The molecule has 0 bridgehead atoms. The van der Waals surface area contributed by atoms with Crippen LogP contribution in [0, 0.1) is 0 Å². The molecule has 0 spiro atoms. The van der Waals surface area contributed by atoms with Gasteiger partial charge in [-0.25, -0.2) is 4.98 Å². The lowest BCUT2D eigenvalue weighted by Crippen LogP contribution is -2.49. The van der Waals surface area contributed by atoms with Crippen molar-refractivity contribution in [2.45, 2.75) is 13.5 Å². The summed E-state index contributed by atoms with van der Waals surface area (Å²) in [6, 6.07) is 7.82. The Balaban J connectivity index is 1.65. The van der Waals surface area contributed by atoms with Gasteiger partial charge < -0.3 is 20.4 Å². The van der Waals surface area contributed by atoms with Gasteiger partial charge in [-0.1, -0.05) is 29.8 Å². The second kappa shape index (κ2) is 13.2. The molecular formula is C28H33ClN8O2. The van der Waals surface area contributed by atoms with Gasteiger partial charge in [-0.2, -0.15) is 4.98 Å². The molecule has 10 nitrogen and oxygen atoms in total. The maximum Gasteiger partial charge on any atom is 0.236 e. The number of hydrogen-bond donors (Lipinski definition) is 2. The van der Waals surface area contributed by atoms with E-state index in [9.17, 15) is 9.59 Å². The molecule has 0 unspecified atom stereocenters. The van der Waals surface area contributed by atoms with Crippen LogP contribution >= 0.6 is 11.6 Å². The van der Waals surface area contributed by atoms with Crippen molar-refractivity contribution >= 4 is 52.2 Å². The molecule has 0 radical (unpaired) electrons. The van der Waals surface area contributed by atoms with Crippen molar-refractivity contribution < 1.29 is 9.59 Å². The maximum atomic E-state index is 12.1. The molecule has 3 aromatic rings. The maximum absolute atomic E-state index is 12.1. The summed E-state index contributed by atoms with van der Waals surface area (Å²) >= 11 is 6.14. The van der Waals surface area contributed by atoms with Crippen LogP contribution in [0.2, 0.25) is 5.02 Å². The van der Waals surface area contributed by atoms with Gasteiger partial charge in [-0.3, -0.25) is 19.5 Å². The highest BCUT2D eigenvalue weighted by Gasteiger charge is 2.22. The van der Waals surface area contributed by atoms with Gasteiger partial charge in [0.2, 0.25) is 18.3 Å². The van der Waals surface area contributed by atoms with Gasteiger partial charge >= 0.3 is 0 Å². The summed E-state index contributed by atoms with van der Waals surface area (Å²) in [5, 5.41) is 7.50. The van der Waals surface area contributed by atoms with E-state index in [0.29, 0.717) is 49.4 Å². The first-order valence-electron chi connectivity index (χ1n) is 12.7. The largest absolute Gasteiger partial charge is 0.365 e. The summed E-state index contributed by atoms with van der Waals surface area (Å²) in [5.74, 6) is 1.41. The molecular weight excluding hydrogens is 516 g/mol. The van der Waals surface area contributed by atoms with Crippen LogP contribution in [0.25, 0.3) is 16.5 Å². The zero-order valence-corrected chi connectivity index (χ0v) is 23.1. The molecule has 0 atom stereocenters. The first kappa shape index (κ1) is 28.0. The number of likely N-dealkylation sites (N-methyl/N-ethyl adjacent to an activating group) is 1. The Kier molecular flexibility index (Phi) is 9.45.